The third kappa shape index (κ3) is 2.57. The van der Waals surface area contributed by atoms with Gasteiger partial charge in [-0.3, -0.25) is 20.7 Å². The molecule has 0 unspecified atom stereocenters. The minimum Gasteiger partial charge on any atom is -0.323 e. The molecule has 0 radical (unpaired) electrons. The number of benzene rings is 1. The van der Waals surface area contributed by atoms with E-state index in [0.717, 1.165) is 4.31 Å². The Morgan fingerprint density at radius 3 is 2.32 bits per heavy atom. The quantitative estimate of drug-likeness (QED) is 0.357. The fraction of sp³-hybridized carbons (Fsp3) is 0.200. The molecule has 1 saturated heterocycles. The summed E-state index contributed by atoms with van der Waals surface area (Å²) >= 11 is 0. The second kappa shape index (κ2) is 4.96. The molecule has 1 fully saturated rings. The van der Waals surface area contributed by atoms with Gasteiger partial charge in [0.25, 0.3) is 0 Å². The molecule has 4 N–H and O–H groups in total. The SMILES string of the molecule is NNc1ccccc1S(=O)(=O)N1CC(=O)NC(=O)C1. The number of rotatable bonds is 3. The lowest BCUT2D eigenvalue weighted by atomic mass is 10.3. The number of nitrogen functional groups attached to an aromatic ring is 1. The van der Waals surface area contributed by atoms with E-state index in [1.807, 2.05) is 5.32 Å². The summed E-state index contributed by atoms with van der Waals surface area (Å²) in [5, 5.41) is 2.04. The number of carbonyl (C=O) groups is 2. The molecule has 0 saturated carbocycles. The smallest absolute Gasteiger partial charge is 0.246 e. The zero-order valence-corrected chi connectivity index (χ0v) is 10.6. The lowest BCUT2D eigenvalue weighted by Gasteiger charge is -2.25. The van der Waals surface area contributed by atoms with Crippen molar-refractivity contribution in [1.82, 2.24) is 9.62 Å². The van der Waals surface area contributed by atoms with Gasteiger partial charge < -0.3 is 5.43 Å². The lowest BCUT2D eigenvalue weighted by molar-refractivity contribution is -0.134. The number of amides is 2. The Bertz CT molecular complexity index is 612. The summed E-state index contributed by atoms with van der Waals surface area (Å²) in [6.07, 6.45) is 0. The van der Waals surface area contributed by atoms with Crippen molar-refractivity contribution in [2.24, 2.45) is 5.84 Å². The van der Waals surface area contributed by atoms with Crippen molar-refractivity contribution in [1.29, 1.82) is 0 Å². The standard InChI is InChI=1S/C10H12N4O4S/c11-13-7-3-1-2-4-8(7)19(17,18)14-5-9(15)12-10(16)6-14/h1-4,13H,5-6,11H2,(H,12,15,16). The summed E-state index contributed by atoms with van der Waals surface area (Å²) in [7, 11) is -3.96. The zero-order chi connectivity index (χ0) is 14.0. The van der Waals surface area contributed by atoms with E-state index in [-0.39, 0.29) is 10.6 Å². The lowest BCUT2D eigenvalue weighted by Crippen LogP contribution is -2.53. The van der Waals surface area contributed by atoms with Crippen LogP contribution < -0.4 is 16.6 Å². The average Bonchev–Trinajstić information content (AvgIpc) is 2.37. The molecule has 1 aliphatic rings. The van der Waals surface area contributed by atoms with E-state index in [1.165, 1.54) is 18.2 Å². The number of hydrogen-bond acceptors (Lipinski definition) is 6. The van der Waals surface area contributed by atoms with Gasteiger partial charge in [0.2, 0.25) is 21.8 Å². The number of carbonyl (C=O) groups excluding carboxylic acids is 2. The first-order chi connectivity index (χ1) is 8.95. The number of piperazine rings is 1. The summed E-state index contributed by atoms with van der Waals surface area (Å²) in [5.41, 5.74) is 2.47. The van der Waals surface area contributed by atoms with Gasteiger partial charge in [0.05, 0.1) is 18.8 Å². The Labute approximate surface area is 109 Å². The van der Waals surface area contributed by atoms with Crippen molar-refractivity contribution in [3.63, 3.8) is 0 Å². The molecule has 0 aromatic heterocycles. The second-order valence-electron chi connectivity index (χ2n) is 3.88. The summed E-state index contributed by atoms with van der Waals surface area (Å²) in [5.74, 6) is 3.94. The van der Waals surface area contributed by atoms with Crippen molar-refractivity contribution in [3.05, 3.63) is 24.3 Å². The van der Waals surface area contributed by atoms with E-state index < -0.39 is 34.9 Å². The fourth-order valence-electron chi connectivity index (χ4n) is 1.73. The highest BCUT2D eigenvalue weighted by Gasteiger charge is 2.33. The predicted molar refractivity (Wildman–Crippen MR) is 66.2 cm³/mol. The number of hydrogen-bond donors (Lipinski definition) is 3. The molecule has 1 aromatic carbocycles. The van der Waals surface area contributed by atoms with Crippen molar-refractivity contribution in [2.75, 3.05) is 18.5 Å². The van der Waals surface area contributed by atoms with Crippen LogP contribution in [-0.2, 0) is 19.6 Å². The Balaban J connectivity index is 2.42. The van der Waals surface area contributed by atoms with Gasteiger partial charge >= 0.3 is 0 Å². The van der Waals surface area contributed by atoms with Gasteiger partial charge in [-0.1, -0.05) is 12.1 Å². The highest BCUT2D eigenvalue weighted by atomic mass is 32.2. The van der Waals surface area contributed by atoms with Crippen LogP contribution in [0.15, 0.2) is 29.2 Å². The van der Waals surface area contributed by atoms with Crippen molar-refractivity contribution < 1.29 is 18.0 Å². The molecule has 9 heteroatoms. The second-order valence-corrected chi connectivity index (χ2v) is 5.79. The number of para-hydroxylation sites is 1. The van der Waals surface area contributed by atoms with Gasteiger partial charge in [-0.15, -0.1) is 0 Å². The largest absolute Gasteiger partial charge is 0.323 e. The monoisotopic (exact) mass is 284 g/mol. The van der Waals surface area contributed by atoms with Crippen LogP contribution in [0.3, 0.4) is 0 Å². The highest BCUT2D eigenvalue weighted by molar-refractivity contribution is 7.89. The summed E-state index contributed by atoms with van der Waals surface area (Å²) in [6, 6.07) is 5.97. The number of sulfonamides is 1. The Kier molecular flexibility index (Phi) is 3.51. The van der Waals surface area contributed by atoms with E-state index in [4.69, 9.17) is 5.84 Å². The summed E-state index contributed by atoms with van der Waals surface area (Å²) in [6.45, 7) is -0.792. The van der Waals surface area contributed by atoms with Gasteiger partial charge in [0.1, 0.15) is 4.90 Å². The first kappa shape index (κ1) is 13.5. The van der Waals surface area contributed by atoms with Crippen LogP contribution in [0, 0.1) is 0 Å². The molecular formula is C10H12N4O4S. The molecule has 0 bridgehead atoms. The fourth-order valence-corrected chi connectivity index (χ4v) is 3.24. The highest BCUT2D eigenvalue weighted by Crippen LogP contribution is 2.23. The van der Waals surface area contributed by atoms with Crippen LogP contribution in [0.1, 0.15) is 0 Å². The van der Waals surface area contributed by atoms with Crippen molar-refractivity contribution in [2.45, 2.75) is 4.90 Å². The van der Waals surface area contributed by atoms with Crippen LogP contribution in [-0.4, -0.2) is 37.6 Å². The number of nitrogens with zero attached hydrogens (tertiary/aromatic N) is 1. The molecule has 2 rings (SSSR count). The van der Waals surface area contributed by atoms with E-state index >= 15 is 0 Å². The molecule has 0 spiro atoms. The molecular weight excluding hydrogens is 272 g/mol. The first-order valence-electron chi connectivity index (χ1n) is 5.33. The molecule has 8 nitrogen and oxygen atoms in total. The van der Waals surface area contributed by atoms with Crippen LogP contribution in [0.4, 0.5) is 5.69 Å². The van der Waals surface area contributed by atoms with Crippen LogP contribution in [0.25, 0.3) is 0 Å². The molecule has 19 heavy (non-hydrogen) atoms. The van der Waals surface area contributed by atoms with Crippen LogP contribution in [0.2, 0.25) is 0 Å². The number of nitrogens with one attached hydrogen (secondary N) is 2. The minimum atomic E-state index is -3.96. The van der Waals surface area contributed by atoms with E-state index in [0.29, 0.717) is 0 Å². The Hall–Kier alpha value is -1.97. The number of hydrazine groups is 1. The van der Waals surface area contributed by atoms with Crippen molar-refractivity contribution >= 4 is 27.5 Å². The molecule has 0 aliphatic carbocycles. The van der Waals surface area contributed by atoms with Gasteiger partial charge in [0.15, 0.2) is 0 Å². The first-order valence-corrected chi connectivity index (χ1v) is 6.77. The van der Waals surface area contributed by atoms with Crippen molar-refractivity contribution in [3.8, 4) is 0 Å². The number of nitrogens with two attached hydrogens (primary N) is 1. The van der Waals surface area contributed by atoms with E-state index in [2.05, 4.69) is 5.43 Å². The molecule has 1 aromatic rings. The maximum Gasteiger partial charge on any atom is 0.246 e. The third-order valence-electron chi connectivity index (χ3n) is 2.58. The normalized spacial score (nSPS) is 17.1. The molecule has 1 aliphatic heterocycles. The maximum atomic E-state index is 12.4. The maximum absolute atomic E-state index is 12.4. The summed E-state index contributed by atoms with van der Waals surface area (Å²) in [4.78, 5) is 22.4. The van der Waals surface area contributed by atoms with E-state index in [1.54, 1.807) is 6.07 Å². The predicted octanol–water partition coefficient (Wildman–Crippen LogP) is -1.38. The average molecular weight is 284 g/mol. The molecule has 2 amide bonds. The van der Waals surface area contributed by atoms with Crippen LogP contribution in [0.5, 0.6) is 0 Å². The molecule has 1 heterocycles. The number of anilines is 1. The molecule has 102 valence electrons. The Morgan fingerprint density at radius 2 is 1.74 bits per heavy atom. The minimum absolute atomic E-state index is 0.0833. The van der Waals surface area contributed by atoms with Gasteiger partial charge in [0, 0.05) is 0 Å². The third-order valence-corrected chi connectivity index (χ3v) is 4.43. The van der Waals surface area contributed by atoms with Gasteiger partial charge in [-0.05, 0) is 12.1 Å². The van der Waals surface area contributed by atoms with Gasteiger partial charge in [-0.2, -0.15) is 4.31 Å². The zero-order valence-electron chi connectivity index (χ0n) is 9.79. The van der Waals surface area contributed by atoms with E-state index in [9.17, 15) is 18.0 Å². The topological polar surface area (TPSA) is 122 Å². The van der Waals surface area contributed by atoms with Crippen LogP contribution >= 0.6 is 0 Å². The van der Waals surface area contributed by atoms with Gasteiger partial charge in [-0.25, -0.2) is 8.42 Å². The Morgan fingerprint density at radius 1 is 1.16 bits per heavy atom. The molecule has 0 atom stereocenters. The number of imide groups is 1. The summed E-state index contributed by atoms with van der Waals surface area (Å²) < 4.78 is 25.5.